The summed E-state index contributed by atoms with van der Waals surface area (Å²) in [6.45, 7) is 4.59. The van der Waals surface area contributed by atoms with E-state index in [0.29, 0.717) is 49.8 Å². The number of H-pyrrole nitrogens is 1. The molecule has 0 unspecified atom stereocenters. The fraction of sp³-hybridized carbons (Fsp3) is 0.400. The summed E-state index contributed by atoms with van der Waals surface area (Å²) in [4.78, 5) is 34.6. The number of ether oxygens (including phenoxy) is 1. The van der Waals surface area contributed by atoms with Crippen LogP contribution >= 0.6 is 0 Å². The van der Waals surface area contributed by atoms with Crippen LogP contribution in [0, 0.1) is 0 Å². The van der Waals surface area contributed by atoms with Gasteiger partial charge in [-0.3, -0.25) is 4.79 Å². The van der Waals surface area contributed by atoms with E-state index < -0.39 is 5.91 Å². The summed E-state index contributed by atoms with van der Waals surface area (Å²) in [6.07, 6.45) is -0.284. The predicted octanol–water partition coefficient (Wildman–Crippen LogP) is 0.940. The Morgan fingerprint density at radius 2 is 2.04 bits per heavy atom. The predicted molar refractivity (Wildman–Crippen MR) is 85.4 cm³/mol. The molecule has 1 aromatic carbocycles. The summed E-state index contributed by atoms with van der Waals surface area (Å²) < 4.78 is 5.01. The molecule has 8 nitrogen and oxygen atoms in total. The van der Waals surface area contributed by atoms with Gasteiger partial charge >= 0.3 is 6.09 Å². The topological polar surface area (TPSA) is 105 Å². The molecule has 3 rings (SSSR count). The molecule has 3 N–H and O–H groups in total. The Morgan fingerprint density at radius 1 is 1.30 bits per heavy atom. The number of fused-ring (bicyclic) bond motifs is 1. The summed E-state index contributed by atoms with van der Waals surface area (Å²) in [5.74, 6) is 0.179. The minimum absolute atomic E-state index is 0.284. The summed E-state index contributed by atoms with van der Waals surface area (Å²) in [5.41, 5.74) is 7.12. The Kier molecular flexibility index (Phi) is 4.05. The van der Waals surface area contributed by atoms with E-state index in [4.69, 9.17) is 10.5 Å². The highest BCUT2D eigenvalue weighted by molar-refractivity contribution is 6.04. The minimum atomic E-state index is -0.499. The first kappa shape index (κ1) is 15.1. The quantitative estimate of drug-likeness (QED) is 0.876. The molecule has 0 saturated carbocycles. The van der Waals surface area contributed by atoms with Gasteiger partial charge < -0.3 is 25.3 Å². The fourth-order valence-corrected chi connectivity index (χ4v) is 2.68. The molecule has 0 spiro atoms. The third-order valence-corrected chi connectivity index (χ3v) is 3.87. The van der Waals surface area contributed by atoms with Crippen LogP contribution in [0.25, 0.3) is 11.0 Å². The highest BCUT2D eigenvalue weighted by Gasteiger charge is 2.24. The number of primary amides is 1. The molecule has 1 saturated heterocycles. The third kappa shape index (κ3) is 2.92. The van der Waals surface area contributed by atoms with E-state index in [1.165, 1.54) is 0 Å². The second-order valence-electron chi connectivity index (χ2n) is 5.30. The molecule has 2 amide bonds. The van der Waals surface area contributed by atoms with Crippen LogP contribution in [0.3, 0.4) is 0 Å². The summed E-state index contributed by atoms with van der Waals surface area (Å²) in [6, 6.07) is 5.28. The number of carbonyl (C=O) groups is 2. The summed E-state index contributed by atoms with van der Waals surface area (Å²) in [5, 5.41) is 0. The highest BCUT2D eigenvalue weighted by Crippen LogP contribution is 2.21. The van der Waals surface area contributed by atoms with E-state index in [1.807, 2.05) is 11.0 Å². The molecule has 8 heteroatoms. The van der Waals surface area contributed by atoms with Crippen LogP contribution in [0.1, 0.15) is 17.3 Å². The van der Waals surface area contributed by atoms with Gasteiger partial charge in [0.2, 0.25) is 5.95 Å². The number of para-hydroxylation sites is 1. The van der Waals surface area contributed by atoms with Gasteiger partial charge in [0.15, 0.2) is 0 Å². The van der Waals surface area contributed by atoms with Crippen molar-refractivity contribution in [3.05, 3.63) is 23.8 Å². The highest BCUT2D eigenvalue weighted by atomic mass is 16.6. The number of benzene rings is 1. The molecule has 0 bridgehead atoms. The lowest BCUT2D eigenvalue weighted by atomic mass is 10.2. The zero-order valence-electron chi connectivity index (χ0n) is 12.9. The number of rotatable bonds is 3. The standard InChI is InChI=1S/C15H19N5O3/c1-2-23-15(22)20-8-6-19(7-9-20)14-17-11-5-3-4-10(13(16)21)12(11)18-14/h3-5H,2,6-9H2,1H3,(H2,16,21)(H,17,18). The molecular weight excluding hydrogens is 298 g/mol. The van der Waals surface area contributed by atoms with Gasteiger partial charge in [0, 0.05) is 26.2 Å². The van der Waals surface area contributed by atoms with Gasteiger partial charge in [0.1, 0.15) is 5.52 Å². The van der Waals surface area contributed by atoms with Gasteiger partial charge in [-0.25, -0.2) is 9.78 Å². The molecule has 1 aromatic heterocycles. The number of piperazine rings is 1. The van der Waals surface area contributed by atoms with Crippen LogP contribution in [0.4, 0.5) is 10.7 Å². The van der Waals surface area contributed by atoms with E-state index in [1.54, 1.807) is 24.0 Å². The van der Waals surface area contributed by atoms with E-state index in [0.717, 1.165) is 5.52 Å². The van der Waals surface area contributed by atoms with Crippen molar-refractivity contribution >= 4 is 29.0 Å². The number of aromatic amines is 1. The lowest BCUT2D eigenvalue weighted by molar-refractivity contribution is 0.1000. The Labute approximate surface area is 133 Å². The number of nitrogens with one attached hydrogen (secondary N) is 1. The number of aromatic nitrogens is 2. The average Bonchev–Trinajstić information content (AvgIpc) is 2.99. The van der Waals surface area contributed by atoms with Gasteiger partial charge in [0.05, 0.1) is 17.7 Å². The van der Waals surface area contributed by atoms with Crippen molar-refractivity contribution in [2.24, 2.45) is 5.73 Å². The molecule has 1 fully saturated rings. The largest absolute Gasteiger partial charge is 0.450 e. The monoisotopic (exact) mass is 317 g/mol. The number of nitrogens with two attached hydrogens (primary N) is 1. The number of carbonyl (C=O) groups excluding carboxylic acids is 2. The van der Waals surface area contributed by atoms with Gasteiger partial charge in [-0.05, 0) is 19.1 Å². The van der Waals surface area contributed by atoms with E-state index in [9.17, 15) is 9.59 Å². The first-order chi connectivity index (χ1) is 11.1. The zero-order valence-corrected chi connectivity index (χ0v) is 12.9. The molecule has 0 atom stereocenters. The maximum Gasteiger partial charge on any atom is 0.409 e. The SMILES string of the molecule is CCOC(=O)N1CCN(c2nc3c(C(N)=O)cccc3[nH]2)CC1. The van der Waals surface area contributed by atoms with Crippen molar-refractivity contribution < 1.29 is 14.3 Å². The first-order valence-corrected chi connectivity index (χ1v) is 7.55. The molecule has 2 heterocycles. The van der Waals surface area contributed by atoms with E-state index in [2.05, 4.69) is 9.97 Å². The van der Waals surface area contributed by atoms with E-state index in [-0.39, 0.29) is 6.09 Å². The maximum atomic E-state index is 11.7. The third-order valence-electron chi connectivity index (χ3n) is 3.87. The van der Waals surface area contributed by atoms with Crippen molar-refractivity contribution in [3.63, 3.8) is 0 Å². The number of nitrogens with zero attached hydrogens (tertiary/aromatic N) is 3. The van der Waals surface area contributed by atoms with Crippen molar-refractivity contribution in [2.75, 3.05) is 37.7 Å². The molecular formula is C15H19N5O3. The van der Waals surface area contributed by atoms with Crippen LogP contribution < -0.4 is 10.6 Å². The fourth-order valence-electron chi connectivity index (χ4n) is 2.68. The van der Waals surface area contributed by atoms with E-state index >= 15 is 0 Å². The molecule has 0 radical (unpaired) electrons. The molecule has 122 valence electrons. The second kappa shape index (κ2) is 6.15. The lowest BCUT2D eigenvalue weighted by Gasteiger charge is -2.33. The number of amides is 2. The molecule has 1 aliphatic rings. The van der Waals surface area contributed by atoms with Crippen LogP contribution in [0.2, 0.25) is 0 Å². The lowest BCUT2D eigenvalue weighted by Crippen LogP contribution is -2.49. The van der Waals surface area contributed by atoms with Crippen LogP contribution in [0.5, 0.6) is 0 Å². The van der Waals surface area contributed by atoms with Crippen molar-refractivity contribution in [1.82, 2.24) is 14.9 Å². The second-order valence-corrected chi connectivity index (χ2v) is 5.30. The van der Waals surface area contributed by atoms with Gasteiger partial charge in [-0.2, -0.15) is 0 Å². The number of imidazole rings is 1. The van der Waals surface area contributed by atoms with Crippen LogP contribution in [-0.4, -0.2) is 59.7 Å². The smallest absolute Gasteiger partial charge is 0.409 e. The molecule has 1 aliphatic heterocycles. The van der Waals surface area contributed by atoms with Crippen molar-refractivity contribution in [1.29, 1.82) is 0 Å². The Bertz CT molecular complexity index is 734. The number of hydrogen-bond acceptors (Lipinski definition) is 5. The minimum Gasteiger partial charge on any atom is -0.450 e. The van der Waals surface area contributed by atoms with Crippen LogP contribution in [-0.2, 0) is 4.74 Å². The summed E-state index contributed by atoms with van der Waals surface area (Å²) >= 11 is 0. The average molecular weight is 317 g/mol. The Morgan fingerprint density at radius 3 is 2.70 bits per heavy atom. The Balaban J connectivity index is 1.76. The normalized spacial score (nSPS) is 15.0. The summed E-state index contributed by atoms with van der Waals surface area (Å²) in [7, 11) is 0. The maximum absolute atomic E-state index is 11.7. The van der Waals surface area contributed by atoms with Crippen LogP contribution in [0.15, 0.2) is 18.2 Å². The molecule has 23 heavy (non-hydrogen) atoms. The van der Waals surface area contributed by atoms with Gasteiger partial charge in [-0.15, -0.1) is 0 Å². The molecule has 2 aromatic rings. The molecule has 0 aliphatic carbocycles. The number of hydrogen-bond donors (Lipinski definition) is 2. The van der Waals surface area contributed by atoms with Crippen molar-refractivity contribution in [3.8, 4) is 0 Å². The first-order valence-electron chi connectivity index (χ1n) is 7.55. The number of anilines is 1. The van der Waals surface area contributed by atoms with Gasteiger partial charge in [0.25, 0.3) is 5.91 Å². The van der Waals surface area contributed by atoms with Gasteiger partial charge in [-0.1, -0.05) is 6.07 Å². The zero-order chi connectivity index (χ0) is 16.4. The Hall–Kier alpha value is -2.77. The van der Waals surface area contributed by atoms with Crippen molar-refractivity contribution in [2.45, 2.75) is 6.92 Å².